The zero-order valence-electron chi connectivity index (χ0n) is 19.9. The zero-order valence-corrected chi connectivity index (χ0v) is 20.7. The molecule has 0 bridgehead atoms. The number of nitrogens with one attached hydrogen (secondary N) is 1. The molecule has 0 aliphatic heterocycles. The Balaban J connectivity index is 1.85. The summed E-state index contributed by atoms with van der Waals surface area (Å²) in [5.41, 5.74) is 0.728. The number of benzene rings is 1. The molecule has 0 radical (unpaired) electrons. The molecule has 31 heavy (non-hydrogen) atoms. The van der Waals surface area contributed by atoms with E-state index < -0.39 is 10.1 Å². The van der Waals surface area contributed by atoms with Crippen molar-refractivity contribution >= 4 is 10.1 Å². The molecule has 0 saturated heterocycles. The number of hydrogen-bond donors (Lipinski definition) is 2. The summed E-state index contributed by atoms with van der Waals surface area (Å²) in [6.07, 6.45) is 21.5. The van der Waals surface area contributed by atoms with Crippen LogP contribution in [0.25, 0.3) is 0 Å². The van der Waals surface area contributed by atoms with Gasteiger partial charge in [0.1, 0.15) is 0 Å². The molecule has 0 aromatic heterocycles. The lowest BCUT2D eigenvalue weighted by molar-refractivity contribution is 0.481. The topological polar surface area (TPSA) is 66.4 Å². The van der Waals surface area contributed by atoms with E-state index in [9.17, 15) is 13.0 Å². The van der Waals surface area contributed by atoms with Crippen LogP contribution in [0.1, 0.15) is 115 Å². The van der Waals surface area contributed by atoms with Gasteiger partial charge in [0.25, 0.3) is 10.1 Å². The first-order chi connectivity index (χ1) is 15.1. The van der Waals surface area contributed by atoms with Crippen LogP contribution in [-0.2, 0) is 16.5 Å². The standard InChI is InChI=1S/C26H47NO3S/c1-2-3-4-5-13-18-23-27-24-19-14-11-9-7-6-8-10-12-15-20-25-21-16-17-22-26(25)31(28,29)30/h16-17,21-22,27H,2-15,18-20,23-24H2,1H3,(H,28,29,30). The van der Waals surface area contributed by atoms with Gasteiger partial charge in [-0.25, -0.2) is 0 Å². The fourth-order valence-corrected chi connectivity index (χ4v) is 4.85. The van der Waals surface area contributed by atoms with Crippen LogP contribution in [0, 0.1) is 0 Å². The van der Waals surface area contributed by atoms with Gasteiger partial charge in [0.05, 0.1) is 4.90 Å². The Morgan fingerprint density at radius 2 is 1.13 bits per heavy atom. The van der Waals surface area contributed by atoms with E-state index in [-0.39, 0.29) is 4.90 Å². The van der Waals surface area contributed by atoms with Gasteiger partial charge in [-0.2, -0.15) is 8.42 Å². The van der Waals surface area contributed by atoms with Crippen molar-refractivity contribution in [1.82, 2.24) is 5.32 Å². The maximum Gasteiger partial charge on any atom is 0.294 e. The second-order valence-electron chi connectivity index (χ2n) is 8.89. The highest BCUT2D eigenvalue weighted by Gasteiger charge is 2.13. The smallest absolute Gasteiger partial charge is 0.294 e. The molecule has 1 aromatic rings. The Bertz CT molecular complexity index is 646. The van der Waals surface area contributed by atoms with Crippen molar-refractivity contribution in [3.63, 3.8) is 0 Å². The average Bonchev–Trinajstić information content (AvgIpc) is 2.75. The molecule has 1 rings (SSSR count). The molecule has 0 aliphatic carbocycles. The van der Waals surface area contributed by atoms with Crippen molar-refractivity contribution in [1.29, 1.82) is 0 Å². The average molecular weight is 454 g/mol. The van der Waals surface area contributed by atoms with Crippen LogP contribution in [0.4, 0.5) is 0 Å². The SMILES string of the molecule is CCCCCCCCNCCCCCCCCCCCCc1ccccc1S(=O)(=O)O. The summed E-state index contributed by atoms with van der Waals surface area (Å²) < 4.78 is 32.1. The van der Waals surface area contributed by atoms with Gasteiger partial charge < -0.3 is 5.32 Å². The molecule has 0 amide bonds. The molecule has 2 N–H and O–H groups in total. The van der Waals surface area contributed by atoms with E-state index in [0.717, 1.165) is 18.4 Å². The van der Waals surface area contributed by atoms with Crippen LogP contribution in [0.15, 0.2) is 29.2 Å². The highest BCUT2D eigenvalue weighted by atomic mass is 32.2. The molecule has 0 heterocycles. The molecular formula is C26H47NO3S. The third kappa shape index (κ3) is 15.5. The maximum atomic E-state index is 11.4. The molecule has 1 aromatic carbocycles. The highest BCUT2D eigenvalue weighted by molar-refractivity contribution is 7.85. The van der Waals surface area contributed by atoms with Crippen LogP contribution in [0.5, 0.6) is 0 Å². The highest BCUT2D eigenvalue weighted by Crippen LogP contribution is 2.18. The first kappa shape index (κ1) is 28.1. The Morgan fingerprint density at radius 1 is 0.677 bits per heavy atom. The second kappa shape index (κ2) is 18.6. The van der Waals surface area contributed by atoms with E-state index in [1.165, 1.54) is 109 Å². The van der Waals surface area contributed by atoms with Gasteiger partial charge in [0, 0.05) is 0 Å². The van der Waals surface area contributed by atoms with Crippen molar-refractivity contribution in [2.24, 2.45) is 0 Å². The predicted molar refractivity (Wildman–Crippen MR) is 132 cm³/mol. The van der Waals surface area contributed by atoms with Crippen molar-refractivity contribution < 1.29 is 13.0 Å². The number of hydrogen-bond acceptors (Lipinski definition) is 3. The predicted octanol–water partition coefficient (Wildman–Crippen LogP) is 7.33. The quantitative estimate of drug-likeness (QED) is 0.151. The lowest BCUT2D eigenvalue weighted by atomic mass is 10.0. The van der Waals surface area contributed by atoms with Crippen molar-refractivity contribution in [2.45, 2.75) is 121 Å². The minimum absolute atomic E-state index is 0.0626. The van der Waals surface area contributed by atoms with Gasteiger partial charge in [-0.1, -0.05) is 109 Å². The lowest BCUT2D eigenvalue weighted by Gasteiger charge is -2.07. The molecule has 180 valence electrons. The van der Waals surface area contributed by atoms with Gasteiger partial charge in [0.2, 0.25) is 0 Å². The van der Waals surface area contributed by atoms with Crippen LogP contribution >= 0.6 is 0 Å². The first-order valence-corrected chi connectivity index (χ1v) is 14.3. The van der Waals surface area contributed by atoms with Gasteiger partial charge in [-0.05, 0) is 50.4 Å². The molecule has 0 saturated carbocycles. The van der Waals surface area contributed by atoms with E-state index in [0.29, 0.717) is 6.42 Å². The number of rotatable bonds is 21. The monoisotopic (exact) mass is 453 g/mol. The first-order valence-electron chi connectivity index (χ1n) is 12.8. The summed E-state index contributed by atoms with van der Waals surface area (Å²) in [4.78, 5) is 0.0626. The third-order valence-corrected chi connectivity index (χ3v) is 6.96. The molecule has 0 unspecified atom stereocenters. The molecule has 0 aliphatic rings. The Morgan fingerprint density at radius 3 is 1.65 bits per heavy atom. The fourth-order valence-electron chi connectivity index (χ4n) is 4.10. The minimum Gasteiger partial charge on any atom is -0.317 e. The number of unbranched alkanes of at least 4 members (excludes halogenated alkanes) is 14. The van der Waals surface area contributed by atoms with Crippen molar-refractivity contribution in [3.8, 4) is 0 Å². The molecule has 5 heteroatoms. The van der Waals surface area contributed by atoms with E-state index in [1.807, 2.05) is 6.07 Å². The number of aryl methyl sites for hydroxylation is 1. The van der Waals surface area contributed by atoms with Crippen LogP contribution < -0.4 is 5.32 Å². The van der Waals surface area contributed by atoms with Crippen LogP contribution in [0.3, 0.4) is 0 Å². The molecule has 0 spiro atoms. The fraction of sp³-hybridized carbons (Fsp3) is 0.769. The van der Waals surface area contributed by atoms with Crippen LogP contribution in [0.2, 0.25) is 0 Å². The summed E-state index contributed by atoms with van der Waals surface area (Å²) in [6.45, 7) is 4.63. The summed E-state index contributed by atoms with van der Waals surface area (Å²) in [5, 5.41) is 3.58. The van der Waals surface area contributed by atoms with Gasteiger partial charge in [-0.15, -0.1) is 0 Å². The lowest BCUT2D eigenvalue weighted by Crippen LogP contribution is -2.16. The summed E-state index contributed by atoms with van der Waals surface area (Å²) >= 11 is 0. The van der Waals surface area contributed by atoms with Crippen molar-refractivity contribution in [3.05, 3.63) is 29.8 Å². The Hall–Kier alpha value is -0.910. The molecular weight excluding hydrogens is 406 g/mol. The Kier molecular flexibility index (Phi) is 16.9. The van der Waals surface area contributed by atoms with E-state index >= 15 is 0 Å². The summed E-state index contributed by atoms with van der Waals surface area (Å²) in [6, 6.07) is 6.76. The van der Waals surface area contributed by atoms with Gasteiger partial charge >= 0.3 is 0 Å². The normalized spacial score (nSPS) is 11.8. The van der Waals surface area contributed by atoms with E-state index in [4.69, 9.17) is 0 Å². The maximum absolute atomic E-state index is 11.4. The third-order valence-electron chi connectivity index (χ3n) is 6.01. The Labute approximate surface area is 192 Å². The molecule has 0 atom stereocenters. The van der Waals surface area contributed by atoms with Gasteiger partial charge in [-0.3, -0.25) is 4.55 Å². The van der Waals surface area contributed by atoms with Crippen molar-refractivity contribution in [2.75, 3.05) is 13.1 Å². The summed E-state index contributed by atoms with van der Waals surface area (Å²) in [5.74, 6) is 0. The molecule has 4 nitrogen and oxygen atoms in total. The summed E-state index contributed by atoms with van der Waals surface area (Å²) in [7, 11) is -4.11. The largest absolute Gasteiger partial charge is 0.317 e. The van der Waals surface area contributed by atoms with E-state index in [2.05, 4.69) is 12.2 Å². The van der Waals surface area contributed by atoms with Crippen LogP contribution in [-0.4, -0.2) is 26.1 Å². The van der Waals surface area contributed by atoms with Gasteiger partial charge in [0.15, 0.2) is 0 Å². The second-order valence-corrected chi connectivity index (χ2v) is 10.3. The zero-order chi connectivity index (χ0) is 22.6. The molecule has 0 fully saturated rings. The minimum atomic E-state index is -4.11. The van der Waals surface area contributed by atoms with E-state index in [1.54, 1.807) is 12.1 Å².